The van der Waals surface area contributed by atoms with Crippen LogP contribution in [0.3, 0.4) is 0 Å². The number of halogens is 1. The molecule has 0 bridgehead atoms. The lowest BCUT2D eigenvalue weighted by atomic mass is 10.1. The largest absolute Gasteiger partial charge is 0.495 e. The van der Waals surface area contributed by atoms with Crippen molar-refractivity contribution in [2.45, 2.75) is 19.8 Å². The van der Waals surface area contributed by atoms with E-state index in [4.69, 9.17) is 25.8 Å². The third kappa shape index (κ3) is 6.29. The van der Waals surface area contributed by atoms with Crippen LogP contribution in [0.15, 0.2) is 36.4 Å². The highest BCUT2D eigenvalue weighted by atomic mass is 35.5. The average molecular weight is 435 g/mol. The number of methoxy groups -OCH3 is 2. The molecule has 0 atom stereocenters. The summed E-state index contributed by atoms with van der Waals surface area (Å²) in [6, 6.07) is 9.87. The van der Waals surface area contributed by atoms with Crippen molar-refractivity contribution in [3.05, 3.63) is 47.0 Å². The van der Waals surface area contributed by atoms with Gasteiger partial charge >= 0.3 is 0 Å². The highest BCUT2D eigenvalue weighted by Gasteiger charge is 2.18. The quantitative estimate of drug-likeness (QED) is 0.566. The van der Waals surface area contributed by atoms with Gasteiger partial charge in [0, 0.05) is 17.6 Å². The molecule has 0 heterocycles. The number of benzene rings is 2. The highest BCUT2D eigenvalue weighted by molar-refractivity contribution is 6.31. The summed E-state index contributed by atoms with van der Waals surface area (Å²) in [5.41, 5.74) is 0.830. The van der Waals surface area contributed by atoms with Gasteiger partial charge in [-0.05, 0) is 42.8 Å². The number of nitrogens with one attached hydrogen (secondary N) is 1. The second-order valence-electron chi connectivity index (χ2n) is 6.62. The molecule has 0 spiro atoms. The van der Waals surface area contributed by atoms with Crippen molar-refractivity contribution < 1.29 is 23.8 Å². The average Bonchev–Trinajstić information content (AvgIpc) is 2.73. The summed E-state index contributed by atoms with van der Waals surface area (Å²) in [4.78, 5) is 26.5. The van der Waals surface area contributed by atoms with E-state index in [2.05, 4.69) is 12.2 Å². The van der Waals surface area contributed by atoms with Crippen molar-refractivity contribution in [2.75, 3.05) is 39.7 Å². The van der Waals surface area contributed by atoms with Gasteiger partial charge in [-0.2, -0.15) is 0 Å². The van der Waals surface area contributed by atoms with Crippen molar-refractivity contribution in [1.29, 1.82) is 0 Å². The van der Waals surface area contributed by atoms with E-state index in [-0.39, 0.29) is 18.4 Å². The molecule has 1 N–H and O–H groups in total. The Morgan fingerprint density at radius 3 is 2.40 bits per heavy atom. The third-order valence-electron chi connectivity index (χ3n) is 4.33. The second kappa shape index (κ2) is 11.3. The minimum atomic E-state index is -0.377. The van der Waals surface area contributed by atoms with Gasteiger partial charge in [-0.15, -0.1) is 0 Å². The number of hydrogen-bond acceptors (Lipinski definition) is 5. The van der Waals surface area contributed by atoms with Crippen LogP contribution in [0.1, 0.15) is 30.1 Å². The number of hydrogen-bond donors (Lipinski definition) is 1. The molecular formula is C22H27ClN2O5. The van der Waals surface area contributed by atoms with Gasteiger partial charge in [0.25, 0.3) is 5.91 Å². The standard InChI is InChI=1S/C22H27ClN2O5/c1-5-6-11-30-19-9-7-15(12-20(19)29-4)22(27)25(2)14-21(26)24-17-13-16(23)8-10-18(17)28-3/h7-10,12-13H,5-6,11,14H2,1-4H3,(H,24,26). The van der Waals surface area contributed by atoms with E-state index in [1.165, 1.54) is 19.1 Å². The Balaban J connectivity index is 2.04. The number of rotatable bonds is 10. The predicted molar refractivity (Wildman–Crippen MR) is 117 cm³/mol. The Hall–Kier alpha value is -2.93. The van der Waals surface area contributed by atoms with E-state index in [0.29, 0.717) is 40.1 Å². The molecule has 0 aliphatic rings. The molecule has 30 heavy (non-hydrogen) atoms. The van der Waals surface area contributed by atoms with E-state index >= 15 is 0 Å². The molecule has 162 valence electrons. The van der Waals surface area contributed by atoms with Crippen LogP contribution in [-0.2, 0) is 4.79 Å². The smallest absolute Gasteiger partial charge is 0.254 e. The fourth-order valence-electron chi connectivity index (χ4n) is 2.72. The highest BCUT2D eigenvalue weighted by Crippen LogP contribution is 2.29. The zero-order valence-electron chi connectivity index (χ0n) is 17.7. The number of carbonyl (C=O) groups excluding carboxylic acids is 2. The van der Waals surface area contributed by atoms with Gasteiger partial charge in [0.05, 0.1) is 33.1 Å². The molecule has 0 aliphatic heterocycles. The van der Waals surface area contributed by atoms with Crippen molar-refractivity contribution in [3.8, 4) is 17.2 Å². The van der Waals surface area contributed by atoms with Crippen LogP contribution >= 0.6 is 11.6 Å². The Bertz CT molecular complexity index is 888. The Kier molecular flexibility index (Phi) is 8.80. The van der Waals surface area contributed by atoms with Crippen molar-refractivity contribution >= 4 is 29.1 Å². The number of likely N-dealkylation sites (N-methyl/N-ethyl adjacent to an activating group) is 1. The summed E-state index contributed by atoms with van der Waals surface area (Å²) >= 11 is 5.98. The van der Waals surface area contributed by atoms with Crippen LogP contribution in [0.4, 0.5) is 5.69 Å². The Labute approximate surface area is 181 Å². The second-order valence-corrected chi connectivity index (χ2v) is 7.06. The maximum Gasteiger partial charge on any atom is 0.254 e. The fraction of sp³-hybridized carbons (Fsp3) is 0.364. The van der Waals surface area contributed by atoms with Gasteiger partial charge < -0.3 is 24.4 Å². The van der Waals surface area contributed by atoms with Crippen LogP contribution < -0.4 is 19.5 Å². The molecular weight excluding hydrogens is 408 g/mol. The van der Waals surface area contributed by atoms with Gasteiger partial charge in [0.1, 0.15) is 5.75 Å². The van der Waals surface area contributed by atoms with E-state index in [1.54, 1.807) is 43.4 Å². The topological polar surface area (TPSA) is 77.1 Å². The Morgan fingerprint density at radius 2 is 1.73 bits per heavy atom. The minimum absolute atomic E-state index is 0.147. The summed E-state index contributed by atoms with van der Waals surface area (Å²) in [6.07, 6.45) is 1.95. The molecule has 0 unspecified atom stereocenters. The van der Waals surface area contributed by atoms with Crippen molar-refractivity contribution in [3.63, 3.8) is 0 Å². The first-order chi connectivity index (χ1) is 14.4. The lowest BCUT2D eigenvalue weighted by molar-refractivity contribution is -0.116. The molecule has 2 aromatic carbocycles. The van der Waals surface area contributed by atoms with Gasteiger partial charge in [0.2, 0.25) is 5.91 Å². The molecule has 0 aromatic heterocycles. The van der Waals surface area contributed by atoms with Gasteiger partial charge in [0.15, 0.2) is 11.5 Å². The Morgan fingerprint density at radius 1 is 1.03 bits per heavy atom. The first kappa shape index (κ1) is 23.3. The minimum Gasteiger partial charge on any atom is -0.495 e. The van der Waals surface area contributed by atoms with Crippen molar-refractivity contribution in [1.82, 2.24) is 4.90 Å². The normalized spacial score (nSPS) is 10.3. The van der Waals surface area contributed by atoms with Gasteiger partial charge in [-0.1, -0.05) is 24.9 Å². The maximum atomic E-state index is 12.8. The number of unbranched alkanes of at least 4 members (excludes halogenated alkanes) is 1. The number of ether oxygens (including phenoxy) is 3. The predicted octanol–water partition coefficient (Wildman–Crippen LogP) is 4.25. The SMILES string of the molecule is CCCCOc1ccc(C(=O)N(C)CC(=O)Nc2cc(Cl)ccc2OC)cc1OC. The van der Waals surface area contributed by atoms with Gasteiger partial charge in [-0.3, -0.25) is 9.59 Å². The number of carbonyl (C=O) groups is 2. The molecule has 2 rings (SSSR count). The number of amides is 2. The lowest BCUT2D eigenvalue weighted by Crippen LogP contribution is -2.35. The lowest BCUT2D eigenvalue weighted by Gasteiger charge is -2.18. The monoisotopic (exact) mass is 434 g/mol. The molecule has 2 aromatic rings. The molecule has 0 aliphatic carbocycles. The van der Waals surface area contributed by atoms with Crippen molar-refractivity contribution in [2.24, 2.45) is 0 Å². The number of anilines is 1. The molecule has 0 fully saturated rings. The maximum absolute atomic E-state index is 12.8. The fourth-order valence-corrected chi connectivity index (χ4v) is 2.89. The molecule has 0 saturated carbocycles. The van der Waals surface area contributed by atoms with E-state index in [1.807, 2.05) is 0 Å². The third-order valence-corrected chi connectivity index (χ3v) is 4.56. The molecule has 0 radical (unpaired) electrons. The first-order valence-corrected chi connectivity index (χ1v) is 9.97. The van der Waals surface area contributed by atoms with Crippen LogP contribution in [-0.4, -0.2) is 51.1 Å². The zero-order valence-corrected chi connectivity index (χ0v) is 18.4. The molecule has 7 nitrogen and oxygen atoms in total. The summed E-state index contributed by atoms with van der Waals surface area (Å²) < 4.78 is 16.2. The van der Waals surface area contributed by atoms with Crippen LogP contribution in [0.25, 0.3) is 0 Å². The summed E-state index contributed by atoms with van der Waals surface area (Å²) in [6.45, 7) is 2.51. The van der Waals surface area contributed by atoms with E-state index in [0.717, 1.165) is 12.8 Å². The van der Waals surface area contributed by atoms with Crippen LogP contribution in [0.5, 0.6) is 17.2 Å². The van der Waals surface area contributed by atoms with E-state index < -0.39 is 0 Å². The molecule has 8 heteroatoms. The summed E-state index contributed by atoms with van der Waals surface area (Å²) in [5.74, 6) is 0.832. The summed E-state index contributed by atoms with van der Waals surface area (Å²) in [7, 11) is 4.57. The first-order valence-electron chi connectivity index (χ1n) is 9.59. The van der Waals surface area contributed by atoms with Crippen LogP contribution in [0.2, 0.25) is 5.02 Å². The summed E-state index contributed by atoms with van der Waals surface area (Å²) in [5, 5.41) is 3.17. The van der Waals surface area contributed by atoms with Gasteiger partial charge in [-0.25, -0.2) is 0 Å². The molecule has 2 amide bonds. The number of nitrogens with zero attached hydrogens (tertiary/aromatic N) is 1. The zero-order chi connectivity index (χ0) is 22.1. The molecule has 0 saturated heterocycles. The van der Waals surface area contributed by atoms with E-state index in [9.17, 15) is 9.59 Å². The van der Waals surface area contributed by atoms with Crippen LogP contribution in [0, 0.1) is 0 Å².